The van der Waals surface area contributed by atoms with Crippen molar-refractivity contribution >= 4 is 45.1 Å². The number of amides is 3. The second-order valence-corrected chi connectivity index (χ2v) is 10.2. The van der Waals surface area contributed by atoms with Gasteiger partial charge in [0.15, 0.2) is 0 Å². The van der Waals surface area contributed by atoms with Crippen LogP contribution in [-0.4, -0.2) is 65.7 Å². The first-order chi connectivity index (χ1) is 17.5. The first-order valence-electron chi connectivity index (χ1n) is 12.3. The number of cyclic esters (lactones) is 1. The zero-order chi connectivity index (χ0) is 25.2. The van der Waals surface area contributed by atoms with E-state index in [1.807, 2.05) is 35.7 Å². The quantitative estimate of drug-likeness (QED) is 0.455. The molecular formula is C26H29N3O6S. The van der Waals surface area contributed by atoms with Gasteiger partial charge in [0, 0.05) is 17.3 Å². The van der Waals surface area contributed by atoms with Crippen molar-refractivity contribution in [2.45, 2.75) is 69.5 Å². The van der Waals surface area contributed by atoms with Crippen molar-refractivity contribution in [1.82, 2.24) is 15.5 Å². The molecule has 3 aliphatic rings. The molecule has 0 bridgehead atoms. The van der Waals surface area contributed by atoms with E-state index in [0.29, 0.717) is 37.9 Å². The summed E-state index contributed by atoms with van der Waals surface area (Å²) < 4.78 is 11.5. The van der Waals surface area contributed by atoms with Crippen LogP contribution < -0.4 is 10.6 Å². The Hall–Kier alpha value is -3.24. The number of thiophene rings is 1. The van der Waals surface area contributed by atoms with Gasteiger partial charge in [-0.15, -0.1) is 11.3 Å². The van der Waals surface area contributed by atoms with E-state index >= 15 is 0 Å². The van der Waals surface area contributed by atoms with Crippen LogP contribution in [0, 0.1) is 0 Å². The first kappa shape index (κ1) is 24.5. The summed E-state index contributed by atoms with van der Waals surface area (Å²) in [5.41, 5.74) is 0.529. The third kappa shape index (κ3) is 4.75. The third-order valence-electron chi connectivity index (χ3n) is 6.95. The molecule has 1 aromatic carbocycles. The van der Waals surface area contributed by atoms with Crippen LogP contribution >= 0.6 is 11.3 Å². The highest BCUT2D eigenvalue weighted by atomic mass is 32.1. The molecule has 190 valence electrons. The minimum Gasteiger partial charge on any atom is -0.433 e. The van der Waals surface area contributed by atoms with Gasteiger partial charge in [0.1, 0.15) is 18.1 Å². The van der Waals surface area contributed by atoms with Gasteiger partial charge < -0.3 is 25.0 Å². The number of hydrogen-bond donors (Lipinski definition) is 2. The number of esters is 1. The Labute approximate surface area is 212 Å². The van der Waals surface area contributed by atoms with Gasteiger partial charge in [-0.3, -0.25) is 19.2 Å². The van der Waals surface area contributed by atoms with Gasteiger partial charge in [-0.25, -0.2) is 0 Å². The van der Waals surface area contributed by atoms with Crippen molar-refractivity contribution in [1.29, 1.82) is 0 Å². The Morgan fingerprint density at radius 3 is 2.81 bits per heavy atom. The monoisotopic (exact) mass is 511 g/mol. The van der Waals surface area contributed by atoms with E-state index in [0.717, 1.165) is 10.1 Å². The molecule has 36 heavy (non-hydrogen) atoms. The van der Waals surface area contributed by atoms with Crippen LogP contribution in [0.1, 0.15) is 49.4 Å². The summed E-state index contributed by atoms with van der Waals surface area (Å²) >= 11 is 1.48. The van der Waals surface area contributed by atoms with Gasteiger partial charge in [0.05, 0.1) is 12.0 Å². The molecule has 2 saturated heterocycles. The van der Waals surface area contributed by atoms with Gasteiger partial charge in [0.25, 0.3) is 5.91 Å². The predicted octanol–water partition coefficient (Wildman–Crippen LogP) is 2.50. The summed E-state index contributed by atoms with van der Waals surface area (Å²) in [5.74, 6) is -1.35. The Morgan fingerprint density at radius 2 is 1.97 bits per heavy atom. The summed E-state index contributed by atoms with van der Waals surface area (Å²) in [6, 6.07) is 5.28. The standard InChI is InChI=1S/C26H29N3O6S/c1-2-34-26-19(14-21(30)35-26)28-24(32)20-11-10-16-7-3-4-9-18(25(33)29(16)20)27-23(31)17-8-5-6-15-12-13-36-22(15)17/h3-6,8,12-13,16,18-20,26H,2,7,9-11,14H2,1H3,(H,27,31)(H,28,32)/b4-3-/t16-,18+,19?,20+,26?/m1/s1. The SMILES string of the molecule is CCOC1OC(=O)CC1NC(=O)[C@@H]1CC[C@H]2C/C=C\C[C@H](NC(=O)c3cccc4ccsc34)C(=O)N21. The average Bonchev–Trinajstić information content (AvgIpc) is 3.58. The molecule has 0 spiro atoms. The van der Waals surface area contributed by atoms with E-state index in [1.165, 1.54) is 11.3 Å². The number of ether oxygens (including phenoxy) is 2. The highest BCUT2D eigenvalue weighted by molar-refractivity contribution is 7.17. The second kappa shape index (κ2) is 10.4. The maximum Gasteiger partial charge on any atom is 0.310 e. The fourth-order valence-electron chi connectivity index (χ4n) is 5.25. The fraction of sp³-hybridized carbons (Fsp3) is 0.462. The number of nitrogens with zero attached hydrogens (tertiary/aromatic N) is 1. The van der Waals surface area contributed by atoms with Gasteiger partial charge >= 0.3 is 5.97 Å². The normalized spacial score (nSPS) is 28.8. The molecule has 2 aromatic rings. The highest BCUT2D eigenvalue weighted by Gasteiger charge is 2.45. The zero-order valence-electron chi connectivity index (χ0n) is 20.0. The largest absolute Gasteiger partial charge is 0.433 e. The smallest absolute Gasteiger partial charge is 0.310 e. The van der Waals surface area contributed by atoms with E-state index in [2.05, 4.69) is 10.6 Å². The molecule has 5 atom stereocenters. The molecule has 5 rings (SSSR count). The molecule has 0 aliphatic carbocycles. The number of rotatable bonds is 6. The van der Waals surface area contributed by atoms with Crippen LogP contribution in [0.25, 0.3) is 10.1 Å². The fourth-order valence-corrected chi connectivity index (χ4v) is 6.16. The Balaban J connectivity index is 1.33. The Bertz CT molecular complexity index is 1210. The molecule has 0 saturated carbocycles. The molecule has 0 radical (unpaired) electrons. The number of benzene rings is 1. The number of carbonyl (C=O) groups is 4. The Kier molecular flexibility index (Phi) is 7.06. The summed E-state index contributed by atoms with van der Waals surface area (Å²) in [5, 5.41) is 8.70. The van der Waals surface area contributed by atoms with Crippen LogP contribution in [0.2, 0.25) is 0 Å². The lowest BCUT2D eigenvalue weighted by Crippen LogP contribution is -2.57. The van der Waals surface area contributed by atoms with Crippen molar-refractivity contribution in [2.75, 3.05) is 6.61 Å². The van der Waals surface area contributed by atoms with E-state index in [1.54, 1.807) is 17.9 Å². The van der Waals surface area contributed by atoms with Crippen LogP contribution in [0.4, 0.5) is 0 Å². The van der Waals surface area contributed by atoms with Crippen LogP contribution in [-0.2, 0) is 23.9 Å². The lowest BCUT2D eigenvalue weighted by Gasteiger charge is -2.34. The van der Waals surface area contributed by atoms with Crippen molar-refractivity contribution in [3.05, 3.63) is 47.4 Å². The molecule has 10 heteroatoms. The van der Waals surface area contributed by atoms with Gasteiger partial charge in [0.2, 0.25) is 18.1 Å². The minimum absolute atomic E-state index is 0.0240. The molecule has 2 fully saturated rings. The number of carbonyl (C=O) groups excluding carboxylic acids is 4. The van der Waals surface area contributed by atoms with Crippen molar-refractivity contribution in [2.24, 2.45) is 0 Å². The molecule has 2 unspecified atom stereocenters. The maximum atomic E-state index is 13.7. The highest BCUT2D eigenvalue weighted by Crippen LogP contribution is 2.31. The second-order valence-electron chi connectivity index (χ2n) is 9.24. The third-order valence-corrected chi connectivity index (χ3v) is 7.92. The minimum atomic E-state index is -0.832. The van der Waals surface area contributed by atoms with Crippen molar-refractivity contribution in [3.63, 3.8) is 0 Å². The van der Waals surface area contributed by atoms with Crippen molar-refractivity contribution < 1.29 is 28.7 Å². The summed E-state index contributed by atoms with van der Waals surface area (Å²) in [6.07, 6.45) is 5.31. The number of nitrogens with one attached hydrogen (secondary N) is 2. The average molecular weight is 512 g/mol. The number of hydrogen-bond acceptors (Lipinski definition) is 7. The molecular weight excluding hydrogens is 482 g/mol. The van der Waals surface area contributed by atoms with Crippen LogP contribution in [0.15, 0.2) is 41.8 Å². The lowest BCUT2D eigenvalue weighted by molar-refractivity contribution is -0.164. The summed E-state index contributed by atoms with van der Waals surface area (Å²) in [7, 11) is 0. The van der Waals surface area contributed by atoms with E-state index in [-0.39, 0.29) is 30.2 Å². The Morgan fingerprint density at radius 1 is 1.14 bits per heavy atom. The van der Waals surface area contributed by atoms with E-state index in [9.17, 15) is 19.2 Å². The topological polar surface area (TPSA) is 114 Å². The maximum absolute atomic E-state index is 13.7. The summed E-state index contributed by atoms with van der Waals surface area (Å²) in [4.78, 5) is 53.6. The molecule has 3 amide bonds. The molecule has 1 aromatic heterocycles. The molecule has 4 heterocycles. The summed E-state index contributed by atoms with van der Waals surface area (Å²) in [6.45, 7) is 2.12. The molecule has 3 aliphatic heterocycles. The number of fused-ring (bicyclic) bond motifs is 2. The molecule has 2 N–H and O–H groups in total. The zero-order valence-corrected chi connectivity index (χ0v) is 20.8. The van der Waals surface area contributed by atoms with Gasteiger partial charge in [-0.2, -0.15) is 0 Å². The van der Waals surface area contributed by atoms with E-state index in [4.69, 9.17) is 9.47 Å². The van der Waals surface area contributed by atoms with Crippen molar-refractivity contribution in [3.8, 4) is 0 Å². The first-order valence-corrected chi connectivity index (χ1v) is 13.2. The van der Waals surface area contributed by atoms with Gasteiger partial charge in [-0.05, 0) is 55.5 Å². The lowest BCUT2D eigenvalue weighted by atomic mass is 10.0. The predicted molar refractivity (Wildman–Crippen MR) is 133 cm³/mol. The van der Waals surface area contributed by atoms with Crippen LogP contribution in [0.3, 0.4) is 0 Å². The van der Waals surface area contributed by atoms with Gasteiger partial charge in [-0.1, -0.05) is 24.3 Å². The molecule has 9 nitrogen and oxygen atoms in total. The van der Waals surface area contributed by atoms with Crippen LogP contribution in [0.5, 0.6) is 0 Å². The van der Waals surface area contributed by atoms with E-state index < -0.39 is 30.4 Å².